The third-order valence-corrected chi connectivity index (χ3v) is 4.87. The largest absolute Gasteiger partial charge is 0.244 e. The minimum absolute atomic E-state index is 0.106. The molecule has 1 aliphatic rings. The van der Waals surface area contributed by atoms with E-state index >= 15 is 0 Å². The van der Waals surface area contributed by atoms with Gasteiger partial charge in [-0.05, 0) is 31.9 Å². The van der Waals surface area contributed by atoms with Crippen molar-refractivity contribution < 1.29 is 8.42 Å². The monoisotopic (exact) mass is 265 g/mol. The second kappa shape index (κ2) is 4.67. The topological polar surface area (TPSA) is 82.9 Å². The normalized spacial score (nSPS) is 18.4. The van der Waals surface area contributed by atoms with Crippen molar-refractivity contribution in [3.05, 3.63) is 24.0 Å². The van der Waals surface area contributed by atoms with Gasteiger partial charge in [-0.3, -0.25) is 0 Å². The molecule has 0 unspecified atom stereocenters. The Balaban J connectivity index is 2.22. The first kappa shape index (κ1) is 13.0. The number of nitriles is 1. The van der Waals surface area contributed by atoms with Crippen molar-refractivity contribution in [3.63, 3.8) is 0 Å². The van der Waals surface area contributed by atoms with Crippen LogP contribution < -0.4 is 4.72 Å². The van der Waals surface area contributed by atoms with Crippen molar-refractivity contribution in [2.24, 2.45) is 0 Å². The summed E-state index contributed by atoms with van der Waals surface area (Å²) in [7, 11) is -3.55. The lowest BCUT2D eigenvalue weighted by Gasteiger charge is -2.24. The van der Waals surface area contributed by atoms with Crippen molar-refractivity contribution in [3.8, 4) is 6.07 Å². The lowest BCUT2D eigenvalue weighted by atomic mass is 10.0. The van der Waals surface area contributed by atoms with E-state index in [2.05, 4.69) is 9.71 Å². The van der Waals surface area contributed by atoms with Crippen LogP contribution >= 0.6 is 0 Å². The molecule has 0 aliphatic heterocycles. The molecule has 0 radical (unpaired) electrons. The van der Waals surface area contributed by atoms with Gasteiger partial charge in [0.05, 0.1) is 0 Å². The van der Waals surface area contributed by atoms with E-state index in [0.717, 1.165) is 25.7 Å². The number of pyridine rings is 1. The molecular weight excluding hydrogens is 250 g/mol. The van der Waals surface area contributed by atoms with Crippen molar-refractivity contribution in [2.75, 3.05) is 0 Å². The van der Waals surface area contributed by atoms with Crippen LogP contribution in [0.2, 0.25) is 0 Å². The van der Waals surface area contributed by atoms with Gasteiger partial charge >= 0.3 is 0 Å². The molecule has 18 heavy (non-hydrogen) atoms. The van der Waals surface area contributed by atoms with Gasteiger partial charge in [0, 0.05) is 11.7 Å². The van der Waals surface area contributed by atoms with Gasteiger partial charge in [0.2, 0.25) is 10.0 Å². The highest BCUT2D eigenvalue weighted by Gasteiger charge is 2.33. The van der Waals surface area contributed by atoms with E-state index in [-0.39, 0.29) is 16.1 Å². The fourth-order valence-corrected chi connectivity index (χ4v) is 3.66. The average molecular weight is 265 g/mol. The number of nitrogens with zero attached hydrogens (tertiary/aromatic N) is 2. The Morgan fingerprint density at radius 3 is 2.56 bits per heavy atom. The first-order chi connectivity index (χ1) is 8.45. The van der Waals surface area contributed by atoms with Crippen LogP contribution in [0.1, 0.15) is 38.3 Å². The molecule has 1 aliphatic carbocycles. The molecular formula is C12H15N3O2S. The van der Waals surface area contributed by atoms with Crippen LogP contribution in [0.15, 0.2) is 23.2 Å². The molecule has 0 spiro atoms. The molecule has 1 aromatic rings. The third-order valence-electron chi connectivity index (χ3n) is 3.25. The van der Waals surface area contributed by atoms with Crippen LogP contribution in [0.3, 0.4) is 0 Å². The van der Waals surface area contributed by atoms with Gasteiger partial charge in [-0.2, -0.15) is 5.26 Å². The fraction of sp³-hybridized carbons (Fsp3) is 0.500. The maximum Gasteiger partial charge on any atom is 0.242 e. The molecule has 1 aromatic heterocycles. The molecule has 1 fully saturated rings. The summed E-state index contributed by atoms with van der Waals surface area (Å²) in [5, 5.41) is 8.62. The van der Waals surface area contributed by atoms with Crippen LogP contribution in [-0.4, -0.2) is 18.9 Å². The Bertz CT molecular complexity index is 566. The summed E-state index contributed by atoms with van der Waals surface area (Å²) in [5.74, 6) is 0. The van der Waals surface area contributed by atoms with E-state index in [4.69, 9.17) is 5.26 Å². The average Bonchev–Trinajstić information content (AvgIpc) is 2.75. The smallest absolute Gasteiger partial charge is 0.242 e. The standard InChI is InChI=1S/C12H15N3O2S/c1-12(6-2-3-7-12)15-18(16,17)11-5-4-10(8-13)14-9-11/h4-5,9,15H,2-3,6-7H2,1H3. The van der Waals surface area contributed by atoms with Crippen LogP contribution in [-0.2, 0) is 10.0 Å². The zero-order valence-corrected chi connectivity index (χ0v) is 11.0. The lowest BCUT2D eigenvalue weighted by molar-refractivity contribution is 0.427. The second-order valence-corrected chi connectivity index (χ2v) is 6.55. The van der Waals surface area contributed by atoms with Gasteiger partial charge in [0.15, 0.2) is 0 Å². The highest BCUT2D eigenvalue weighted by Crippen LogP contribution is 2.30. The van der Waals surface area contributed by atoms with Gasteiger partial charge in [0.1, 0.15) is 16.7 Å². The van der Waals surface area contributed by atoms with Gasteiger partial charge in [-0.1, -0.05) is 12.8 Å². The molecule has 1 saturated carbocycles. The second-order valence-electron chi connectivity index (χ2n) is 4.86. The SMILES string of the molecule is CC1(NS(=O)(=O)c2ccc(C#N)nc2)CCCC1. The van der Waals surface area contributed by atoms with Crippen molar-refractivity contribution >= 4 is 10.0 Å². The van der Waals surface area contributed by atoms with E-state index in [1.807, 2.05) is 13.0 Å². The van der Waals surface area contributed by atoms with E-state index in [1.165, 1.54) is 18.3 Å². The number of hydrogen-bond acceptors (Lipinski definition) is 4. The highest BCUT2D eigenvalue weighted by atomic mass is 32.2. The third kappa shape index (κ3) is 2.68. The van der Waals surface area contributed by atoms with E-state index in [0.29, 0.717) is 0 Å². The zero-order chi connectivity index (χ0) is 13.2. The molecule has 96 valence electrons. The summed E-state index contributed by atoms with van der Waals surface area (Å²) in [6.07, 6.45) is 5.03. The van der Waals surface area contributed by atoms with Gasteiger partial charge < -0.3 is 0 Å². The lowest BCUT2D eigenvalue weighted by Crippen LogP contribution is -2.43. The minimum Gasteiger partial charge on any atom is -0.244 e. The molecule has 6 heteroatoms. The Morgan fingerprint density at radius 1 is 1.39 bits per heavy atom. The van der Waals surface area contributed by atoms with Crippen LogP contribution in [0.25, 0.3) is 0 Å². The van der Waals surface area contributed by atoms with Crippen LogP contribution in [0.5, 0.6) is 0 Å². The molecule has 0 aromatic carbocycles. The van der Waals surface area contributed by atoms with Gasteiger partial charge in [-0.15, -0.1) is 0 Å². The highest BCUT2D eigenvalue weighted by molar-refractivity contribution is 7.89. The molecule has 5 nitrogen and oxygen atoms in total. The maximum absolute atomic E-state index is 12.2. The Morgan fingerprint density at radius 2 is 2.06 bits per heavy atom. The van der Waals surface area contributed by atoms with E-state index < -0.39 is 10.0 Å². The zero-order valence-electron chi connectivity index (χ0n) is 10.2. The first-order valence-electron chi connectivity index (χ1n) is 5.85. The molecule has 1 N–H and O–H groups in total. The number of sulfonamides is 1. The van der Waals surface area contributed by atoms with Gasteiger partial charge in [-0.25, -0.2) is 18.1 Å². The molecule has 2 rings (SSSR count). The van der Waals surface area contributed by atoms with E-state index in [1.54, 1.807) is 0 Å². The number of hydrogen-bond donors (Lipinski definition) is 1. The van der Waals surface area contributed by atoms with Crippen molar-refractivity contribution in [2.45, 2.75) is 43.0 Å². The van der Waals surface area contributed by atoms with Crippen LogP contribution in [0.4, 0.5) is 0 Å². The van der Waals surface area contributed by atoms with E-state index in [9.17, 15) is 8.42 Å². The molecule has 0 amide bonds. The summed E-state index contributed by atoms with van der Waals surface area (Å²) >= 11 is 0. The summed E-state index contributed by atoms with van der Waals surface area (Å²) in [5.41, 5.74) is -0.145. The predicted octanol–water partition coefficient (Wildman–Crippen LogP) is 1.56. The summed E-state index contributed by atoms with van der Waals surface area (Å²) in [4.78, 5) is 3.89. The summed E-state index contributed by atoms with van der Waals surface area (Å²) in [6.45, 7) is 1.93. The molecule has 0 atom stereocenters. The van der Waals surface area contributed by atoms with Gasteiger partial charge in [0.25, 0.3) is 0 Å². The van der Waals surface area contributed by atoms with Crippen molar-refractivity contribution in [1.29, 1.82) is 5.26 Å². The number of nitrogens with one attached hydrogen (secondary N) is 1. The maximum atomic E-state index is 12.2. The first-order valence-corrected chi connectivity index (χ1v) is 7.34. The molecule has 0 saturated heterocycles. The molecule has 0 bridgehead atoms. The summed E-state index contributed by atoms with van der Waals surface area (Å²) in [6, 6.07) is 4.68. The Kier molecular flexibility index (Phi) is 3.37. The predicted molar refractivity (Wildman–Crippen MR) is 66.1 cm³/mol. The fourth-order valence-electron chi connectivity index (χ4n) is 2.25. The van der Waals surface area contributed by atoms with Crippen LogP contribution in [0, 0.1) is 11.3 Å². The number of aromatic nitrogens is 1. The quantitative estimate of drug-likeness (QED) is 0.899. The van der Waals surface area contributed by atoms with Crippen molar-refractivity contribution in [1.82, 2.24) is 9.71 Å². The minimum atomic E-state index is -3.55. The Labute approximate surface area is 107 Å². The molecule has 1 heterocycles. The number of rotatable bonds is 3. The summed E-state index contributed by atoms with van der Waals surface area (Å²) < 4.78 is 27.1. The Hall–Kier alpha value is -1.45.